The summed E-state index contributed by atoms with van der Waals surface area (Å²) in [5.74, 6) is -1.81. The van der Waals surface area contributed by atoms with Gasteiger partial charge < -0.3 is 15.2 Å². The molecule has 3 aromatic carbocycles. The Bertz CT molecular complexity index is 1620. The molecule has 1 fully saturated rings. The van der Waals surface area contributed by atoms with Gasteiger partial charge in [0, 0.05) is 23.6 Å². The minimum atomic E-state index is -1.40. The standard InChI is InChI=1S/C35H36F2N2O4/c1-35(2,3)24-9-12-27(13-10-24)43-28-11-8-23-18-31(38-30(29(23)20-28)16-21-6-4-5-7-21)33(40)39-32(34(41)42)17-22-14-25(36)19-26(37)15-22/h8-15,18-21,32H,4-7,16-17H2,1-3H3,(H,39,40)(H,41,42). The lowest BCUT2D eigenvalue weighted by molar-refractivity contribution is -0.139. The molecule has 1 saturated carbocycles. The number of carboxylic acids is 1. The van der Waals surface area contributed by atoms with Crippen LogP contribution < -0.4 is 10.1 Å². The number of fused-ring (bicyclic) bond motifs is 1. The number of carbonyl (C=O) groups excluding carboxylic acids is 1. The molecule has 0 saturated heterocycles. The van der Waals surface area contributed by atoms with E-state index in [1.54, 1.807) is 6.07 Å². The van der Waals surface area contributed by atoms with Gasteiger partial charge in [0.1, 0.15) is 34.9 Å². The molecule has 5 rings (SSSR count). The summed E-state index contributed by atoms with van der Waals surface area (Å²) in [5.41, 5.74) is 2.21. The molecule has 1 heterocycles. The van der Waals surface area contributed by atoms with Crippen LogP contribution in [0.25, 0.3) is 10.8 Å². The van der Waals surface area contributed by atoms with Crippen molar-refractivity contribution >= 4 is 22.6 Å². The van der Waals surface area contributed by atoms with Crippen molar-refractivity contribution in [3.63, 3.8) is 0 Å². The van der Waals surface area contributed by atoms with E-state index in [0.717, 1.165) is 54.3 Å². The van der Waals surface area contributed by atoms with Crippen molar-refractivity contribution < 1.29 is 28.2 Å². The van der Waals surface area contributed by atoms with Crippen LogP contribution in [-0.4, -0.2) is 28.0 Å². The van der Waals surface area contributed by atoms with E-state index in [9.17, 15) is 23.5 Å². The Hall–Kier alpha value is -4.33. The molecule has 1 unspecified atom stereocenters. The van der Waals surface area contributed by atoms with Crippen LogP contribution in [0.15, 0.2) is 66.7 Å². The second-order valence-electron chi connectivity index (χ2n) is 12.4. The lowest BCUT2D eigenvalue weighted by Crippen LogP contribution is -2.42. The maximum atomic E-state index is 13.7. The number of hydrogen-bond acceptors (Lipinski definition) is 4. The SMILES string of the molecule is CC(C)(C)c1ccc(Oc2ccc3cc(C(=O)NC(Cc4cc(F)cc(F)c4)C(=O)O)nc(CC4CCCC4)c3c2)cc1. The van der Waals surface area contributed by atoms with Gasteiger partial charge in [0.15, 0.2) is 0 Å². The zero-order chi connectivity index (χ0) is 30.7. The Kier molecular flexibility index (Phi) is 8.76. The highest BCUT2D eigenvalue weighted by atomic mass is 19.1. The molecule has 2 N–H and O–H groups in total. The first-order chi connectivity index (χ1) is 20.4. The summed E-state index contributed by atoms with van der Waals surface area (Å²) in [7, 11) is 0. The number of ether oxygens (including phenoxy) is 1. The van der Waals surface area contributed by atoms with Crippen molar-refractivity contribution in [3.05, 3.63) is 101 Å². The average Bonchev–Trinajstić information content (AvgIpc) is 3.45. The first kappa shape index (κ1) is 30.1. The van der Waals surface area contributed by atoms with Crippen LogP contribution in [0.2, 0.25) is 0 Å². The van der Waals surface area contributed by atoms with Crippen LogP contribution in [-0.2, 0) is 23.1 Å². The van der Waals surface area contributed by atoms with Crippen LogP contribution in [0.4, 0.5) is 8.78 Å². The number of benzene rings is 3. The van der Waals surface area contributed by atoms with Crippen LogP contribution in [0.5, 0.6) is 11.5 Å². The predicted octanol–water partition coefficient (Wildman–Crippen LogP) is 7.76. The summed E-state index contributed by atoms with van der Waals surface area (Å²) < 4.78 is 33.5. The van der Waals surface area contributed by atoms with Crippen molar-refractivity contribution in [2.45, 2.75) is 70.8 Å². The smallest absolute Gasteiger partial charge is 0.326 e. The maximum absolute atomic E-state index is 13.7. The quantitative estimate of drug-likeness (QED) is 0.209. The molecule has 8 heteroatoms. The molecule has 0 radical (unpaired) electrons. The first-order valence-electron chi connectivity index (χ1n) is 14.7. The number of hydrogen-bond donors (Lipinski definition) is 2. The molecule has 1 atom stereocenters. The summed E-state index contributed by atoms with van der Waals surface area (Å²) in [6.07, 6.45) is 4.88. The summed E-state index contributed by atoms with van der Waals surface area (Å²) in [4.78, 5) is 30.0. The molecule has 1 aliphatic carbocycles. The summed E-state index contributed by atoms with van der Waals surface area (Å²) >= 11 is 0. The molecule has 1 aromatic heterocycles. The minimum absolute atomic E-state index is 0.0359. The summed E-state index contributed by atoms with van der Waals surface area (Å²) in [6.45, 7) is 6.48. The van der Waals surface area contributed by atoms with E-state index in [-0.39, 0.29) is 23.1 Å². The Balaban J connectivity index is 1.42. The van der Waals surface area contributed by atoms with Gasteiger partial charge in [-0.05, 0) is 76.7 Å². The lowest BCUT2D eigenvalue weighted by atomic mass is 9.87. The third-order valence-corrected chi connectivity index (χ3v) is 7.99. The molecular formula is C35H36F2N2O4. The Labute approximate surface area is 250 Å². The van der Waals surface area contributed by atoms with Gasteiger partial charge in [0.05, 0.1) is 0 Å². The largest absolute Gasteiger partial charge is 0.480 e. The zero-order valence-electron chi connectivity index (χ0n) is 24.6. The van der Waals surface area contributed by atoms with Gasteiger partial charge in [-0.3, -0.25) is 4.79 Å². The van der Waals surface area contributed by atoms with Gasteiger partial charge in [-0.1, -0.05) is 64.7 Å². The molecule has 4 aromatic rings. The molecule has 1 amide bonds. The molecule has 43 heavy (non-hydrogen) atoms. The number of rotatable bonds is 9. The molecule has 0 spiro atoms. The second kappa shape index (κ2) is 12.5. The molecule has 0 aliphatic heterocycles. The number of halogens is 2. The van der Waals surface area contributed by atoms with Crippen molar-refractivity contribution in [3.8, 4) is 11.5 Å². The van der Waals surface area contributed by atoms with E-state index < -0.39 is 29.6 Å². The third-order valence-electron chi connectivity index (χ3n) is 7.99. The second-order valence-corrected chi connectivity index (χ2v) is 12.4. The topological polar surface area (TPSA) is 88.5 Å². The lowest BCUT2D eigenvalue weighted by Gasteiger charge is -2.19. The monoisotopic (exact) mass is 586 g/mol. The van der Waals surface area contributed by atoms with Crippen LogP contribution in [0, 0.1) is 17.6 Å². The number of pyridine rings is 1. The van der Waals surface area contributed by atoms with Gasteiger partial charge in [-0.2, -0.15) is 0 Å². The number of aliphatic carboxylic acids is 1. The Morgan fingerprint density at radius 2 is 1.60 bits per heavy atom. The van der Waals surface area contributed by atoms with Crippen LogP contribution in [0.3, 0.4) is 0 Å². The zero-order valence-corrected chi connectivity index (χ0v) is 24.6. The van der Waals surface area contributed by atoms with Crippen LogP contribution >= 0.6 is 0 Å². The Morgan fingerprint density at radius 1 is 0.953 bits per heavy atom. The number of carboxylic acid groups (broad SMARTS) is 1. The molecule has 1 aliphatic rings. The van der Waals surface area contributed by atoms with E-state index in [4.69, 9.17) is 9.72 Å². The van der Waals surface area contributed by atoms with Gasteiger partial charge in [-0.15, -0.1) is 0 Å². The molecule has 6 nitrogen and oxygen atoms in total. The number of amides is 1. The summed E-state index contributed by atoms with van der Waals surface area (Å²) in [5, 5.41) is 13.9. The van der Waals surface area contributed by atoms with Crippen molar-refractivity contribution in [1.82, 2.24) is 10.3 Å². The Morgan fingerprint density at radius 3 is 2.23 bits per heavy atom. The van der Waals surface area contributed by atoms with E-state index >= 15 is 0 Å². The first-order valence-corrected chi connectivity index (χ1v) is 14.7. The van der Waals surface area contributed by atoms with E-state index in [1.165, 1.54) is 5.56 Å². The average molecular weight is 587 g/mol. The fourth-order valence-corrected chi connectivity index (χ4v) is 5.68. The highest BCUT2D eigenvalue weighted by Crippen LogP contribution is 2.33. The van der Waals surface area contributed by atoms with Crippen molar-refractivity contribution in [1.29, 1.82) is 0 Å². The number of nitrogens with zero attached hydrogens (tertiary/aromatic N) is 1. The van der Waals surface area contributed by atoms with Crippen LogP contribution in [0.1, 0.15) is 73.8 Å². The normalized spacial score (nSPS) is 14.5. The number of aromatic nitrogens is 1. The van der Waals surface area contributed by atoms with E-state index in [2.05, 4.69) is 38.2 Å². The van der Waals surface area contributed by atoms with E-state index in [1.807, 2.05) is 30.3 Å². The summed E-state index contributed by atoms with van der Waals surface area (Å²) in [6, 6.07) is 16.7. The van der Waals surface area contributed by atoms with Gasteiger partial charge in [-0.25, -0.2) is 18.6 Å². The highest BCUT2D eigenvalue weighted by molar-refractivity contribution is 5.99. The maximum Gasteiger partial charge on any atom is 0.326 e. The minimum Gasteiger partial charge on any atom is -0.480 e. The fourth-order valence-electron chi connectivity index (χ4n) is 5.68. The number of nitrogens with one attached hydrogen (secondary N) is 1. The predicted molar refractivity (Wildman–Crippen MR) is 162 cm³/mol. The van der Waals surface area contributed by atoms with Gasteiger partial charge in [0.2, 0.25) is 0 Å². The van der Waals surface area contributed by atoms with Gasteiger partial charge >= 0.3 is 5.97 Å². The van der Waals surface area contributed by atoms with Crippen molar-refractivity contribution in [2.75, 3.05) is 0 Å². The fraction of sp³-hybridized carbons (Fsp3) is 0.343. The van der Waals surface area contributed by atoms with E-state index in [0.29, 0.717) is 29.9 Å². The number of carbonyl (C=O) groups is 2. The third kappa shape index (κ3) is 7.55. The molecule has 0 bridgehead atoms. The van der Waals surface area contributed by atoms with Crippen molar-refractivity contribution in [2.24, 2.45) is 5.92 Å². The molecular weight excluding hydrogens is 550 g/mol. The highest BCUT2D eigenvalue weighted by Gasteiger charge is 2.25. The molecule has 224 valence electrons. The van der Waals surface area contributed by atoms with Gasteiger partial charge in [0.25, 0.3) is 5.91 Å².